The third-order valence-electron chi connectivity index (χ3n) is 3.76. The Labute approximate surface area is 122 Å². The van der Waals surface area contributed by atoms with Crippen LogP contribution in [0.5, 0.6) is 0 Å². The molecular formula is C15H17N3OS. The van der Waals surface area contributed by atoms with Crippen LogP contribution in [0.15, 0.2) is 47.6 Å². The van der Waals surface area contributed by atoms with Crippen LogP contribution in [0, 0.1) is 5.92 Å². The number of allylic oxidation sites excluding steroid dienone is 2. The second-order valence-electron chi connectivity index (χ2n) is 5.34. The molecule has 0 aromatic carbocycles. The molecule has 104 valence electrons. The maximum Gasteiger partial charge on any atom is 0.206 e. The van der Waals surface area contributed by atoms with Crippen LogP contribution in [0.3, 0.4) is 0 Å². The van der Waals surface area contributed by atoms with E-state index in [-0.39, 0.29) is 0 Å². The third kappa shape index (κ3) is 2.08. The van der Waals surface area contributed by atoms with Crippen molar-refractivity contribution < 1.29 is 4.74 Å². The molecule has 0 unspecified atom stereocenters. The summed E-state index contributed by atoms with van der Waals surface area (Å²) >= 11 is 1.75. The monoisotopic (exact) mass is 287 g/mol. The van der Waals surface area contributed by atoms with Gasteiger partial charge >= 0.3 is 0 Å². The van der Waals surface area contributed by atoms with E-state index in [0.717, 1.165) is 24.2 Å². The molecule has 3 aliphatic rings. The summed E-state index contributed by atoms with van der Waals surface area (Å²) in [5.74, 6) is 2.71. The number of hydrogen-bond acceptors (Lipinski definition) is 5. The maximum atomic E-state index is 5.79. The van der Waals surface area contributed by atoms with E-state index in [1.54, 1.807) is 11.3 Å². The van der Waals surface area contributed by atoms with E-state index in [4.69, 9.17) is 4.74 Å². The smallest absolute Gasteiger partial charge is 0.206 e. The summed E-state index contributed by atoms with van der Waals surface area (Å²) in [6, 6.07) is 4.22. The molecule has 4 nitrogen and oxygen atoms in total. The predicted molar refractivity (Wildman–Crippen MR) is 79.9 cm³/mol. The van der Waals surface area contributed by atoms with E-state index in [2.05, 4.69) is 47.2 Å². The minimum atomic E-state index is 0.765. The minimum absolute atomic E-state index is 0.765. The van der Waals surface area contributed by atoms with Crippen LogP contribution in [0.25, 0.3) is 5.70 Å². The first-order valence-electron chi connectivity index (χ1n) is 6.91. The number of nitrogens with one attached hydrogen (secondary N) is 1. The van der Waals surface area contributed by atoms with Crippen LogP contribution in [-0.2, 0) is 4.74 Å². The summed E-state index contributed by atoms with van der Waals surface area (Å²) in [4.78, 5) is 3.46. The van der Waals surface area contributed by atoms with Crippen LogP contribution in [0.4, 0.5) is 0 Å². The molecule has 2 aliphatic heterocycles. The number of rotatable bonds is 4. The summed E-state index contributed by atoms with van der Waals surface area (Å²) < 4.78 is 5.79. The zero-order chi connectivity index (χ0) is 13.5. The van der Waals surface area contributed by atoms with Crippen molar-refractivity contribution in [1.29, 1.82) is 0 Å². The van der Waals surface area contributed by atoms with Crippen LogP contribution in [0.1, 0.15) is 17.7 Å². The van der Waals surface area contributed by atoms with E-state index in [1.165, 1.54) is 23.4 Å². The zero-order valence-electron chi connectivity index (χ0n) is 11.4. The van der Waals surface area contributed by atoms with Gasteiger partial charge in [-0.15, -0.1) is 11.3 Å². The summed E-state index contributed by atoms with van der Waals surface area (Å²) in [6.07, 6.45) is 8.84. The van der Waals surface area contributed by atoms with E-state index in [1.807, 2.05) is 11.1 Å². The van der Waals surface area contributed by atoms with Gasteiger partial charge in [0.05, 0.1) is 23.4 Å². The Hall–Kier alpha value is -1.88. The summed E-state index contributed by atoms with van der Waals surface area (Å²) in [5.41, 5.74) is 4.52. The number of hydrazine groups is 1. The quantitative estimate of drug-likeness (QED) is 0.921. The summed E-state index contributed by atoms with van der Waals surface area (Å²) in [6.45, 7) is 0.827. The number of thiophene rings is 1. The van der Waals surface area contributed by atoms with Crippen molar-refractivity contribution in [2.75, 3.05) is 13.7 Å². The van der Waals surface area contributed by atoms with Gasteiger partial charge in [-0.25, -0.2) is 5.01 Å². The topological polar surface area (TPSA) is 27.7 Å². The third-order valence-corrected chi connectivity index (χ3v) is 4.66. The molecular weight excluding hydrogens is 270 g/mol. The van der Waals surface area contributed by atoms with Crippen molar-refractivity contribution in [3.05, 3.63) is 52.4 Å². The van der Waals surface area contributed by atoms with Gasteiger partial charge in [0.15, 0.2) is 0 Å². The average Bonchev–Trinajstić information content (AvgIpc) is 3.02. The van der Waals surface area contributed by atoms with Crippen molar-refractivity contribution in [2.24, 2.45) is 5.92 Å². The molecule has 0 radical (unpaired) electrons. The van der Waals surface area contributed by atoms with E-state index in [0.29, 0.717) is 0 Å². The van der Waals surface area contributed by atoms with Crippen LogP contribution >= 0.6 is 11.3 Å². The standard InChI is InChI=1S/C15H17N3OS/c1-17-12(13-3-2-8-20-13)9-18-15(17)7-6-14(16-18)19-10-11-4-5-11/h2-3,6-9,11,16H,4-5,10H2,1H3. The molecule has 1 aromatic rings. The fourth-order valence-corrected chi connectivity index (χ4v) is 3.14. The Kier molecular flexibility index (Phi) is 2.73. The first-order chi connectivity index (χ1) is 9.81. The second kappa shape index (κ2) is 4.59. The van der Waals surface area contributed by atoms with E-state index < -0.39 is 0 Å². The predicted octanol–water partition coefficient (Wildman–Crippen LogP) is 2.92. The van der Waals surface area contributed by atoms with Crippen molar-refractivity contribution >= 4 is 17.0 Å². The first kappa shape index (κ1) is 11.9. The molecule has 1 saturated carbocycles. The Morgan fingerprint density at radius 3 is 3.05 bits per heavy atom. The molecule has 0 saturated heterocycles. The Bertz CT molecular complexity index is 599. The van der Waals surface area contributed by atoms with Gasteiger partial charge in [0.25, 0.3) is 0 Å². The van der Waals surface area contributed by atoms with Gasteiger partial charge in [-0.05, 0) is 36.3 Å². The second-order valence-corrected chi connectivity index (χ2v) is 6.29. The number of fused-ring (bicyclic) bond motifs is 1. The lowest BCUT2D eigenvalue weighted by Crippen LogP contribution is -2.36. The highest BCUT2D eigenvalue weighted by Gasteiger charge is 2.28. The molecule has 0 amide bonds. The van der Waals surface area contributed by atoms with Crippen molar-refractivity contribution in [3.63, 3.8) is 0 Å². The van der Waals surface area contributed by atoms with Gasteiger partial charge in [-0.1, -0.05) is 6.07 Å². The number of ether oxygens (including phenoxy) is 1. The van der Waals surface area contributed by atoms with Crippen molar-refractivity contribution in [1.82, 2.24) is 15.3 Å². The highest BCUT2D eigenvalue weighted by molar-refractivity contribution is 7.11. The van der Waals surface area contributed by atoms with Gasteiger partial charge in [0, 0.05) is 13.1 Å². The van der Waals surface area contributed by atoms with Gasteiger partial charge < -0.3 is 9.64 Å². The van der Waals surface area contributed by atoms with Gasteiger partial charge in [-0.2, -0.15) is 0 Å². The van der Waals surface area contributed by atoms with Crippen LogP contribution in [-0.4, -0.2) is 23.6 Å². The fraction of sp³-hybridized carbons (Fsp3) is 0.333. The lowest BCUT2D eigenvalue weighted by Gasteiger charge is -2.28. The molecule has 3 heterocycles. The fourth-order valence-electron chi connectivity index (χ4n) is 2.37. The van der Waals surface area contributed by atoms with E-state index in [9.17, 15) is 0 Å². The van der Waals surface area contributed by atoms with Crippen molar-refractivity contribution in [3.8, 4) is 0 Å². The summed E-state index contributed by atoms with van der Waals surface area (Å²) in [5, 5.41) is 4.13. The van der Waals surface area contributed by atoms with Gasteiger partial charge in [0.2, 0.25) is 5.88 Å². The van der Waals surface area contributed by atoms with Crippen LogP contribution in [0.2, 0.25) is 0 Å². The van der Waals surface area contributed by atoms with Crippen LogP contribution < -0.4 is 5.43 Å². The molecule has 20 heavy (non-hydrogen) atoms. The highest BCUT2D eigenvalue weighted by Crippen LogP contribution is 2.34. The highest BCUT2D eigenvalue weighted by atomic mass is 32.1. The first-order valence-corrected chi connectivity index (χ1v) is 7.79. The largest absolute Gasteiger partial charge is 0.478 e. The van der Waals surface area contributed by atoms with Gasteiger partial charge in [0.1, 0.15) is 5.82 Å². The Morgan fingerprint density at radius 1 is 1.40 bits per heavy atom. The molecule has 0 atom stereocenters. The van der Waals surface area contributed by atoms with E-state index >= 15 is 0 Å². The Balaban J connectivity index is 1.51. The summed E-state index contributed by atoms with van der Waals surface area (Å²) in [7, 11) is 2.09. The molecule has 5 heteroatoms. The molecule has 0 bridgehead atoms. The average molecular weight is 287 g/mol. The Morgan fingerprint density at radius 2 is 2.30 bits per heavy atom. The molecule has 4 rings (SSSR count). The lowest BCUT2D eigenvalue weighted by molar-refractivity contribution is 0.138. The normalized spacial score (nSPS) is 20.9. The number of nitrogens with zero attached hydrogens (tertiary/aromatic N) is 2. The van der Waals surface area contributed by atoms with Gasteiger partial charge in [-0.3, -0.25) is 5.43 Å². The molecule has 0 spiro atoms. The number of hydrogen-bond donors (Lipinski definition) is 1. The molecule has 1 fully saturated rings. The SMILES string of the molecule is CN1C(c2cccs2)=CN2NC(OCC3CC3)=CC=C21. The zero-order valence-corrected chi connectivity index (χ0v) is 12.2. The minimum Gasteiger partial charge on any atom is -0.478 e. The lowest BCUT2D eigenvalue weighted by atomic mass is 10.3. The molecule has 1 N–H and O–H groups in total. The maximum absolute atomic E-state index is 5.79. The molecule has 1 aromatic heterocycles. The molecule has 1 aliphatic carbocycles. The van der Waals surface area contributed by atoms with Crippen molar-refractivity contribution in [2.45, 2.75) is 12.8 Å².